The lowest BCUT2D eigenvalue weighted by Crippen LogP contribution is -2.42. The first kappa shape index (κ1) is 14.4. The molecule has 1 saturated carbocycles. The van der Waals surface area contributed by atoms with E-state index in [4.69, 9.17) is 10.5 Å². The summed E-state index contributed by atoms with van der Waals surface area (Å²) < 4.78 is 5.29. The summed E-state index contributed by atoms with van der Waals surface area (Å²) in [6.07, 6.45) is 5.24. The molecule has 0 saturated heterocycles. The minimum absolute atomic E-state index is 0.630. The van der Waals surface area contributed by atoms with Crippen LogP contribution in [0.1, 0.15) is 31.2 Å². The molecule has 2 rings (SSSR count). The van der Waals surface area contributed by atoms with Crippen molar-refractivity contribution in [1.82, 2.24) is 4.90 Å². The lowest BCUT2D eigenvalue weighted by molar-refractivity contribution is 0.127. The fraction of sp³-hybridized carbons (Fsp3) is 0.625. The Labute approximate surface area is 116 Å². The Kier molecular flexibility index (Phi) is 5.23. The largest absolute Gasteiger partial charge is 0.497 e. The van der Waals surface area contributed by atoms with Crippen LogP contribution < -0.4 is 10.5 Å². The van der Waals surface area contributed by atoms with Crippen molar-refractivity contribution in [2.24, 2.45) is 11.7 Å². The third-order valence-corrected chi connectivity index (χ3v) is 4.30. The highest BCUT2D eigenvalue weighted by atomic mass is 16.5. The van der Waals surface area contributed by atoms with Gasteiger partial charge in [-0.3, -0.25) is 4.90 Å². The number of rotatable bonds is 5. The van der Waals surface area contributed by atoms with E-state index in [2.05, 4.69) is 30.1 Å². The zero-order valence-electron chi connectivity index (χ0n) is 12.1. The fourth-order valence-corrected chi connectivity index (χ4v) is 3.22. The molecule has 1 fully saturated rings. The summed E-state index contributed by atoms with van der Waals surface area (Å²) in [5.74, 6) is 1.59. The van der Waals surface area contributed by atoms with Gasteiger partial charge in [0.15, 0.2) is 0 Å². The third-order valence-electron chi connectivity index (χ3n) is 4.30. The van der Waals surface area contributed by atoms with Crippen molar-refractivity contribution < 1.29 is 4.74 Å². The minimum Gasteiger partial charge on any atom is -0.497 e. The van der Waals surface area contributed by atoms with Crippen LogP contribution in [-0.2, 0) is 6.54 Å². The Bertz CT molecular complexity index is 394. The number of methoxy groups -OCH3 is 1. The molecule has 3 heteroatoms. The molecule has 0 spiro atoms. The van der Waals surface area contributed by atoms with Crippen molar-refractivity contribution in [2.75, 3.05) is 20.7 Å². The molecule has 0 aliphatic heterocycles. The molecule has 0 aromatic heterocycles. The zero-order valence-corrected chi connectivity index (χ0v) is 12.1. The molecule has 0 radical (unpaired) electrons. The number of benzene rings is 1. The van der Waals surface area contributed by atoms with Crippen molar-refractivity contribution >= 4 is 0 Å². The molecule has 106 valence electrons. The van der Waals surface area contributed by atoms with E-state index < -0.39 is 0 Å². The number of hydrogen-bond donors (Lipinski definition) is 1. The molecule has 2 atom stereocenters. The maximum absolute atomic E-state index is 5.92. The van der Waals surface area contributed by atoms with Crippen LogP contribution in [0, 0.1) is 5.92 Å². The van der Waals surface area contributed by atoms with E-state index in [1.807, 2.05) is 6.07 Å². The van der Waals surface area contributed by atoms with Crippen LogP contribution >= 0.6 is 0 Å². The van der Waals surface area contributed by atoms with Crippen molar-refractivity contribution in [3.8, 4) is 5.75 Å². The normalized spacial score (nSPS) is 23.6. The molecule has 1 aliphatic carbocycles. The Morgan fingerprint density at radius 3 is 2.84 bits per heavy atom. The number of hydrogen-bond acceptors (Lipinski definition) is 3. The van der Waals surface area contributed by atoms with Crippen LogP contribution in [0.2, 0.25) is 0 Å². The standard InChI is InChI=1S/C16H26N2O/c1-18(16-9-4-3-7-14(16)11-17)12-13-6-5-8-15(10-13)19-2/h5-6,8,10,14,16H,3-4,7,9,11-12,17H2,1-2H3. The highest BCUT2D eigenvalue weighted by Crippen LogP contribution is 2.28. The summed E-state index contributed by atoms with van der Waals surface area (Å²) >= 11 is 0. The van der Waals surface area contributed by atoms with Gasteiger partial charge >= 0.3 is 0 Å². The Morgan fingerprint density at radius 2 is 2.11 bits per heavy atom. The third kappa shape index (κ3) is 3.71. The van der Waals surface area contributed by atoms with Crippen LogP contribution in [0.25, 0.3) is 0 Å². The van der Waals surface area contributed by atoms with Crippen LogP contribution in [0.3, 0.4) is 0 Å². The lowest BCUT2D eigenvalue weighted by Gasteiger charge is -2.37. The second-order valence-corrected chi connectivity index (χ2v) is 5.61. The van der Waals surface area contributed by atoms with E-state index in [1.165, 1.54) is 31.2 Å². The second-order valence-electron chi connectivity index (χ2n) is 5.61. The van der Waals surface area contributed by atoms with Gasteiger partial charge in [-0.15, -0.1) is 0 Å². The van der Waals surface area contributed by atoms with Gasteiger partial charge < -0.3 is 10.5 Å². The van der Waals surface area contributed by atoms with Gasteiger partial charge in [-0.1, -0.05) is 25.0 Å². The molecule has 0 bridgehead atoms. The summed E-state index contributed by atoms with van der Waals surface area (Å²) in [5.41, 5.74) is 7.23. The molecule has 1 aliphatic rings. The predicted octanol–water partition coefficient (Wildman–Crippen LogP) is 2.64. The van der Waals surface area contributed by atoms with E-state index in [0.717, 1.165) is 18.8 Å². The predicted molar refractivity (Wildman–Crippen MR) is 79.3 cm³/mol. The molecule has 0 heterocycles. The lowest BCUT2D eigenvalue weighted by atomic mass is 9.83. The minimum atomic E-state index is 0.630. The van der Waals surface area contributed by atoms with Gasteiger partial charge in [-0.05, 0) is 50.0 Å². The average Bonchev–Trinajstić information content (AvgIpc) is 2.47. The van der Waals surface area contributed by atoms with Crippen LogP contribution in [0.15, 0.2) is 24.3 Å². The van der Waals surface area contributed by atoms with Crippen molar-refractivity contribution in [3.05, 3.63) is 29.8 Å². The monoisotopic (exact) mass is 262 g/mol. The quantitative estimate of drug-likeness (QED) is 0.886. The highest BCUT2D eigenvalue weighted by molar-refractivity contribution is 5.28. The van der Waals surface area contributed by atoms with Gasteiger partial charge in [0.25, 0.3) is 0 Å². The van der Waals surface area contributed by atoms with Crippen molar-refractivity contribution in [1.29, 1.82) is 0 Å². The average molecular weight is 262 g/mol. The van der Waals surface area contributed by atoms with Gasteiger partial charge in [0.05, 0.1) is 7.11 Å². The molecular weight excluding hydrogens is 236 g/mol. The van der Waals surface area contributed by atoms with E-state index in [9.17, 15) is 0 Å². The van der Waals surface area contributed by atoms with Gasteiger partial charge in [-0.2, -0.15) is 0 Å². The number of ether oxygens (including phenoxy) is 1. The van der Waals surface area contributed by atoms with Gasteiger partial charge in [-0.25, -0.2) is 0 Å². The highest BCUT2D eigenvalue weighted by Gasteiger charge is 2.27. The molecule has 0 amide bonds. The van der Waals surface area contributed by atoms with Gasteiger partial charge in [0, 0.05) is 12.6 Å². The molecular formula is C16H26N2O. The van der Waals surface area contributed by atoms with E-state index >= 15 is 0 Å². The summed E-state index contributed by atoms with van der Waals surface area (Å²) in [6, 6.07) is 8.97. The summed E-state index contributed by atoms with van der Waals surface area (Å²) in [6.45, 7) is 1.78. The van der Waals surface area contributed by atoms with E-state index in [1.54, 1.807) is 7.11 Å². The number of nitrogens with zero attached hydrogens (tertiary/aromatic N) is 1. The van der Waals surface area contributed by atoms with Crippen LogP contribution in [-0.4, -0.2) is 31.6 Å². The second kappa shape index (κ2) is 6.92. The summed E-state index contributed by atoms with van der Waals surface area (Å²) in [7, 11) is 3.94. The molecule has 1 aromatic carbocycles. The van der Waals surface area contributed by atoms with Gasteiger partial charge in [0.1, 0.15) is 5.75 Å². The number of nitrogens with two attached hydrogens (primary N) is 1. The molecule has 2 unspecified atom stereocenters. The molecule has 19 heavy (non-hydrogen) atoms. The zero-order chi connectivity index (χ0) is 13.7. The van der Waals surface area contributed by atoms with Crippen molar-refractivity contribution in [2.45, 2.75) is 38.3 Å². The Hall–Kier alpha value is -1.06. The maximum atomic E-state index is 5.92. The first-order valence-corrected chi connectivity index (χ1v) is 7.28. The smallest absolute Gasteiger partial charge is 0.119 e. The molecule has 1 aromatic rings. The fourth-order valence-electron chi connectivity index (χ4n) is 3.22. The first-order valence-electron chi connectivity index (χ1n) is 7.28. The summed E-state index contributed by atoms with van der Waals surface area (Å²) in [4.78, 5) is 2.46. The van der Waals surface area contributed by atoms with E-state index in [0.29, 0.717) is 12.0 Å². The molecule has 3 nitrogen and oxygen atoms in total. The topological polar surface area (TPSA) is 38.5 Å². The molecule has 2 N–H and O–H groups in total. The Morgan fingerprint density at radius 1 is 1.32 bits per heavy atom. The Balaban J connectivity index is 2.00. The summed E-state index contributed by atoms with van der Waals surface area (Å²) in [5, 5.41) is 0. The maximum Gasteiger partial charge on any atom is 0.119 e. The van der Waals surface area contributed by atoms with E-state index in [-0.39, 0.29) is 0 Å². The van der Waals surface area contributed by atoms with Crippen LogP contribution in [0.5, 0.6) is 5.75 Å². The SMILES string of the molecule is COc1cccc(CN(C)C2CCCCC2CN)c1. The first-order chi connectivity index (χ1) is 9.24. The van der Waals surface area contributed by atoms with Crippen LogP contribution in [0.4, 0.5) is 0 Å². The van der Waals surface area contributed by atoms with Gasteiger partial charge in [0.2, 0.25) is 0 Å². The van der Waals surface area contributed by atoms with Crippen molar-refractivity contribution in [3.63, 3.8) is 0 Å².